The number of carbonyl (C=O) groups excluding carboxylic acids is 3. The summed E-state index contributed by atoms with van der Waals surface area (Å²) in [4.78, 5) is 36.4. The lowest BCUT2D eigenvalue weighted by atomic mass is 10.1. The Balaban J connectivity index is 1.89. The van der Waals surface area contributed by atoms with Crippen molar-refractivity contribution in [2.45, 2.75) is 13.0 Å². The van der Waals surface area contributed by atoms with Crippen LogP contribution in [0.4, 0.5) is 0 Å². The van der Waals surface area contributed by atoms with Crippen molar-refractivity contribution in [3.63, 3.8) is 0 Å². The van der Waals surface area contributed by atoms with Crippen molar-refractivity contribution in [2.75, 3.05) is 20.8 Å². The molecule has 0 aromatic heterocycles. The predicted molar refractivity (Wildman–Crippen MR) is 108 cm³/mol. The Kier molecular flexibility index (Phi) is 7.97. The highest BCUT2D eigenvalue weighted by molar-refractivity contribution is 6.01. The number of carbonyl (C=O) groups is 3. The van der Waals surface area contributed by atoms with E-state index in [0.717, 1.165) is 5.56 Å². The second kappa shape index (κ2) is 10.7. The van der Waals surface area contributed by atoms with E-state index in [1.54, 1.807) is 18.2 Å². The number of nitrogens with one attached hydrogen (secondary N) is 1. The maximum atomic E-state index is 12.4. The van der Waals surface area contributed by atoms with Crippen molar-refractivity contribution in [1.29, 1.82) is 0 Å². The lowest BCUT2D eigenvalue weighted by Gasteiger charge is -2.13. The number of Topliss-reactive ketones (excluding diaryl/α,β-unsaturated/α-hetero) is 1. The van der Waals surface area contributed by atoms with Crippen LogP contribution in [0.2, 0.25) is 0 Å². The van der Waals surface area contributed by atoms with Crippen molar-refractivity contribution in [1.82, 2.24) is 5.32 Å². The highest BCUT2D eigenvalue weighted by Crippen LogP contribution is 2.24. The first-order chi connectivity index (χ1) is 13.9. The molecular formula is C22H23NO6. The Bertz CT molecular complexity index is 891. The maximum Gasteiger partial charge on any atom is 0.328 e. The van der Waals surface area contributed by atoms with E-state index >= 15 is 0 Å². The molecule has 2 rings (SSSR count). The van der Waals surface area contributed by atoms with Gasteiger partial charge in [-0.15, -0.1) is 0 Å². The fourth-order valence-corrected chi connectivity index (χ4v) is 2.43. The minimum absolute atomic E-state index is 0.238. The lowest BCUT2D eigenvalue weighted by molar-refractivity contribution is -0.145. The third-order valence-electron chi connectivity index (χ3n) is 3.99. The van der Waals surface area contributed by atoms with Gasteiger partial charge in [0.15, 0.2) is 6.61 Å². The van der Waals surface area contributed by atoms with Gasteiger partial charge in [0.2, 0.25) is 11.7 Å². The largest absolute Gasteiger partial charge is 0.497 e. The summed E-state index contributed by atoms with van der Waals surface area (Å²) in [6.45, 7) is 0.996. The Morgan fingerprint density at radius 1 is 1.03 bits per heavy atom. The molecule has 1 N–H and O–H groups in total. The van der Waals surface area contributed by atoms with Crippen LogP contribution in [-0.4, -0.2) is 44.5 Å². The molecule has 0 saturated heterocycles. The molecule has 0 radical (unpaired) electrons. The average molecular weight is 397 g/mol. The third kappa shape index (κ3) is 6.49. The van der Waals surface area contributed by atoms with Gasteiger partial charge in [-0.25, -0.2) is 4.79 Å². The van der Waals surface area contributed by atoms with E-state index in [0.29, 0.717) is 11.5 Å². The fraction of sp³-hybridized carbons (Fsp3) is 0.227. The summed E-state index contributed by atoms with van der Waals surface area (Å²) >= 11 is 0. The van der Waals surface area contributed by atoms with Gasteiger partial charge < -0.3 is 19.5 Å². The van der Waals surface area contributed by atoms with E-state index in [9.17, 15) is 14.4 Å². The number of esters is 1. The molecule has 0 heterocycles. The third-order valence-corrected chi connectivity index (χ3v) is 3.99. The van der Waals surface area contributed by atoms with Gasteiger partial charge in [-0.3, -0.25) is 9.59 Å². The molecule has 29 heavy (non-hydrogen) atoms. The van der Waals surface area contributed by atoms with Gasteiger partial charge in [-0.05, 0) is 36.8 Å². The van der Waals surface area contributed by atoms with Crippen LogP contribution in [0, 0.1) is 0 Å². The molecule has 1 amide bonds. The number of hydrogen-bond acceptors (Lipinski definition) is 6. The molecule has 7 heteroatoms. The molecule has 0 spiro atoms. The van der Waals surface area contributed by atoms with Gasteiger partial charge in [0, 0.05) is 6.08 Å². The molecule has 0 saturated carbocycles. The van der Waals surface area contributed by atoms with Crippen LogP contribution in [0.1, 0.15) is 22.8 Å². The summed E-state index contributed by atoms with van der Waals surface area (Å²) in [5, 5.41) is 2.50. The Morgan fingerprint density at radius 3 is 2.41 bits per heavy atom. The molecule has 0 fully saturated rings. The summed E-state index contributed by atoms with van der Waals surface area (Å²) in [5.41, 5.74) is 1.10. The van der Waals surface area contributed by atoms with Gasteiger partial charge in [0.1, 0.15) is 17.5 Å². The Morgan fingerprint density at radius 2 is 1.76 bits per heavy atom. The van der Waals surface area contributed by atoms with Crippen LogP contribution in [0.25, 0.3) is 6.08 Å². The molecule has 2 aromatic carbocycles. The first-order valence-corrected chi connectivity index (χ1v) is 8.90. The van der Waals surface area contributed by atoms with Gasteiger partial charge >= 0.3 is 5.97 Å². The van der Waals surface area contributed by atoms with Crippen LogP contribution in [0.15, 0.2) is 54.6 Å². The summed E-state index contributed by atoms with van der Waals surface area (Å²) in [7, 11) is 2.91. The number of amides is 1. The summed E-state index contributed by atoms with van der Waals surface area (Å²) in [5.74, 6) is -0.789. The van der Waals surface area contributed by atoms with Gasteiger partial charge in [-0.2, -0.15) is 0 Å². The van der Waals surface area contributed by atoms with E-state index in [1.807, 2.05) is 30.3 Å². The number of benzene rings is 2. The van der Waals surface area contributed by atoms with Gasteiger partial charge in [0.25, 0.3) is 0 Å². The number of ketones is 1. The SMILES string of the molecule is COc1ccc(OC)c(C(=O)COC(=O)[C@H](C)NC(=O)/C=C/c2ccccc2)c1. The zero-order valence-electron chi connectivity index (χ0n) is 16.5. The van der Waals surface area contributed by atoms with Crippen molar-refractivity contribution >= 4 is 23.7 Å². The zero-order chi connectivity index (χ0) is 21.2. The fourth-order valence-electron chi connectivity index (χ4n) is 2.43. The topological polar surface area (TPSA) is 90.9 Å². The minimum Gasteiger partial charge on any atom is -0.497 e. The van der Waals surface area contributed by atoms with E-state index in [-0.39, 0.29) is 5.56 Å². The molecule has 0 aliphatic carbocycles. The second-order valence-corrected chi connectivity index (χ2v) is 6.07. The van der Waals surface area contributed by atoms with Crippen LogP contribution < -0.4 is 14.8 Å². The molecule has 152 valence electrons. The predicted octanol–water partition coefficient (Wildman–Crippen LogP) is 2.65. The molecule has 0 unspecified atom stereocenters. The Hall–Kier alpha value is -3.61. The van der Waals surface area contributed by atoms with Crippen LogP contribution in [0.5, 0.6) is 11.5 Å². The molecular weight excluding hydrogens is 374 g/mol. The Labute approximate surface area is 169 Å². The molecule has 0 bridgehead atoms. The van der Waals surface area contributed by atoms with Crippen LogP contribution in [0.3, 0.4) is 0 Å². The first kappa shape index (κ1) is 21.7. The number of hydrogen-bond donors (Lipinski definition) is 1. The zero-order valence-corrected chi connectivity index (χ0v) is 16.5. The second-order valence-electron chi connectivity index (χ2n) is 6.07. The normalized spacial score (nSPS) is 11.6. The van der Waals surface area contributed by atoms with Gasteiger partial charge in [-0.1, -0.05) is 30.3 Å². The minimum atomic E-state index is -0.914. The summed E-state index contributed by atoms with van der Waals surface area (Å²) in [6.07, 6.45) is 2.96. The van der Waals surface area contributed by atoms with Crippen molar-refractivity contribution in [3.8, 4) is 11.5 Å². The first-order valence-electron chi connectivity index (χ1n) is 8.90. The molecule has 0 aliphatic rings. The summed E-state index contributed by atoms with van der Waals surface area (Å²) in [6, 6.07) is 13.1. The van der Waals surface area contributed by atoms with Crippen LogP contribution >= 0.6 is 0 Å². The van der Waals surface area contributed by atoms with E-state index in [1.165, 1.54) is 33.3 Å². The monoisotopic (exact) mass is 397 g/mol. The van der Waals surface area contributed by atoms with Gasteiger partial charge in [0.05, 0.1) is 19.8 Å². The van der Waals surface area contributed by atoms with Crippen molar-refractivity contribution < 1.29 is 28.6 Å². The highest BCUT2D eigenvalue weighted by atomic mass is 16.5. The lowest BCUT2D eigenvalue weighted by Crippen LogP contribution is -2.39. The van der Waals surface area contributed by atoms with Crippen molar-refractivity contribution in [2.24, 2.45) is 0 Å². The standard InChI is InChI=1S/C22H23NO6/c1-15(23-21(25)12-9-16-7-5-4-6-8-16)22(26)29-14-19(24)18-13-17(27-2)10-11-20(18)28-3/h4-13,15H,14H2,1-3H3,(H,23,25)/b12-9+/t15-/m0/s1. The number of rotatable bonds is 9. The van der Waals surface area contributed by atoms with E-state index in [4.69, 9.17) is 14.2 Å². The molecule has 2 aromatic rings. The average Bonchev–Trinajstić information content (AvgIpc) is 2.75. The molecule has 7 nitrogen and oxygen atoms in total. The number of ether oxygens (including phenoxy) is 3. The van der Waals surface area contributed by atoms with E-state index in [2.05, 4.69) is 5.32 Å². The maximum absolute atomic E-state index is 12.4. The smallest absolute Gasteiger partial charge is 0.328 e. The number of methoxy groups -OCH3 is 2. The van der Waals surface area contributed by atoms with E-state index < -0.39 is 30.3 Å². The van der Waals surface area contributed by atoms with Crippen LogP contribution in [-0.2, 0) is 14.3 Å². The molecule has 0 aliphatic heterocycles. The highest BCUT2D eigenvalue weighted by Gasteiger charge is 2.20. The summed E-state index contributed by atoms with van der Waals surface area (Å²) < 4.78 is 15.3. The quantitative estimate of drug-likeness (QED) is 0.397. The molecule has 1 atom stereocenters. The van der Waals surface area contributed by atoms with Crippen molar-refractivity contribution in [3.05, 3.63) is 65.7 Å².